The van der Waals surface area contributed by atoms with Crippen molar-refractivity contribution in [3.63, 3.8) is 0 Å². The van der Waals surface area contributed by atoms with E-state index in [0.717, 1.165) is 32.0 Å². The van der Waals surface area contributed by atoms with Crippen LogP contribution >= 0.6 is 0 Å². The third-order valence-electron chi connectivity index (χ3n) is 4.30. The monoisotopic (exact) mass is 242 g/mol. The lowest BCUT2D eigenvalue weighted by Gasteiger charge is -2.33. The molecule has 0 atom stereocenters. The van der Waals surface area contributed by atoms with Gasteiger partial charge < -0.3 is 10.2 Å². The molecule has 0 aliphatic carbocycles. The van der Waals surface area contributed by atoms with Crippen LogP contribution in [0.3, 0.4) is 0 Å². The number of rotatable bonds is 1. The second-order valence-electron chi connectivity index (χ2n) is 5.44. The largest absolute Gasteiger partial charge is 0.356 e. The van der Waals surface area contributed by atoms with Crippen molar-refractivity contribution in [3.05, 3.63) is 23.9 Å². The summed E-state index contributed by atoms with van der Waals surface area (Å²) in [4.78, 5) is 6.76. The average molecular weight is 242 g/mol. The molecular formula is C14H18N4. The van der Waals surface area contributed by atoms with Crippen molar-refractivity contribution in [2.45, 2.75) is 19.3 Å². The van der Waals surface area contributed by atoms with Crippen LogP contribution in [0.2, 0.25) is 0 Å². The van der Waals surface area contributed by atoms with Crippen LogP contribution in [0.15, 0.2) is 18.3 Å². The van der Waals surface area contributed by atoms with Gasteiger partial charge >= 0.3 is 0 Å². The highest BCUT2D eigenvalue weighted by molar-refractivity contribution is 5.43. The lowest BCUT2D eigenvalue weighted by atomic mass is 9.78. The Morgan fingerprint density at radius 1 is 1.28 bits per heavy atom. The minimum absolute atomic E-state index is 0.501. The maximum atomic E-state index is 8.78. The summed E-state index contributed by atoms with van der Waals surface area (Å²) >= 11 is 0. The first kappa shape index (κ1) is 11.5. The maximum absolute atomic E-state index is 8.78. The Morgan fingerprint density at radius 3 is 2.78 bits per heavy atom. The van der Waals surface area contributed by atoms with Gasteiger partial charge in [0.05, 0.1) is 5.56 Å². The van der Waals surface area contributed by atoms with E-state index in [9.17, 15) is 0 Å². The van der Waals surface area contributed by atoms with Gasteiger partial charge in [-0.25, -0.2) is 4.98 Å². The summed E-state index contributed by atoms with van der Waals surface area (Å²) in [6, 6.07) is 5.94. The van der Waals surface area contributed by atoms with Crippen molar-refractivity contribution in [1.82, 2.24) is 10.3 Å². The normalized spacial score (nSPS) is 22.1. The summed E-state index contributed by atoms with van der Waals surface area (Å²) in [6.45, 7) is 4.51. The van der Waals surface area contributed by atoms with E-state index in [1.54, 1.807) is 6.20 Å². The molecule has 1 aromatic heterocycles. The zero-order valence-corrected chi connectivity index (χ0v) is 10.5. The Hall–Kier alpha value is -1.60. The summed E-state index contributed by atoms with van der Waals surface area (Å²) in [5.41, 5.74) is 1.13. The number of nitriles is 1. The van der Waals surface area contributed by atoms with Gasteiger partial charge in [-0.1, -0.05) is 0 Å². The number of anilines is 1. The van der Waals surface area contributed by atoms with E-state index >= 15 is 0 Å². The third kappa shape index (κ3) is 2.06. The van der Waals surface area contributed by atoms with Crippen LogP contribution in [0.5, 0.6) is 0 Å². The van der Waals surface area contributed by atoms with E-state index in [-0.39, 0.29) is 0 Å². The zero-order chi connectivity index (χ0) is 12.4. The highest BCUT2D eigenvalue weighted by Crippen LogP contribution is 2.39. The van der Waals surface area contributed by atoms with Gasteiger partial charge in [0.25, 0.3) is 0 Å². The van der Waals surface area contributed by atoms with Crippen molar-refractivity contribution in [1.29, 1.82) is 5.26 Å². The van der Waals surface area contributed by atoms with Crippen LogP contribution < -0.4 is 10.2 Å². The first-order valence-electron chi connectivity index (χ1n) is 6.63. The molecule has 3 rings (SSSR count). The SMILES string of the molecule is N#Cc1ccc(N2CCC3(CCNCC3)C2)nc1. The first-order valence-corrected chi connectivity index (χ1v) is 6.63. The van der Waals surface area contributed by atoms with E-state index in [2.05, 4.69) is 21.3 Å². The molecule has 1 aromatic rings. The fourth-order valence-electron chi connectivity index (χ4n) is 3.14. The van der Waals surface area contributed by atoms with Crippen LogP contribution in [0, 0.1) is 16.7 Å². The molecule has 0 aromatic carbocycles. The lowest BCUT2D eigenvalue weighted by molar-refractivity contribution is 0.232. The number of pyridine rings is 1. The molecule has 2 fully saturated rings. The minimum Gasteiger partial charge on any atom is -0.356 e. The van der Waals surface area contributed by atoms with E-state index < -0.39 is 0 Å². The van der Waals surface area contributed by atoms with E-state index in [1.165, 1.54) is 19.3 Å². The van der Waals surface area contributed by atoms with E-state index in [4.69, 9.17) is 5.26 Å². The second kappa shape index (κ2) is 4.58. The Bertz CT molecular complexity index is 454. The average Bonchev–Trinajstić information content (AvgIpc) is 2.83. The Kier molecular flexibility index (Phi) is 2.92. The van der Waals surface area contributed by atoms with Crippen molar-refractivity contribution in [2.24, 2.45) is 5.41 Å². The summed E-state index contributed by atoms with van der Waals surface area (Å²) in [5, 5.41) is 12.2. The van der Waals surface area contributed by atoms with Crippen LogP contribution in [-0.2, 0) is 0 Å². The molecule has 94 valence electrons. The molecule has 0 radical (unpaired) electrons. The van der Waals surface area contributed by atoms with Gasteiger partial charge in [-0.05, 0) is 49.9 Å². The van der Waals surface area contributed by atoms with Gasteiger partial charge in [0.1, 0.15) is 11.9 Å². The predicted molar refractivity (Wildman–Crippen MR) is 70.3 cm³/mol. The fourth-order valence-corrected chi connectivity index (χ4v) is 3.14. The van der Waals surface area contributed by atoms with Crippen LogP contribution in [0.1, 0.15) is 24.8 Å². The molecule has 4 nitrogen and oxygen atoms in total. The summed E-state index contributed by atoms with van der Waals surface area (Å²) in [6.07, 6.45) is 5.50. The van der Waals surface area contributed by atoms with Gasteiger partial charge in [0.2, 0.25) is 0 Å². The maximum Gasteiger partial charge on any atom is 0.128 e. The molecule has 2 aliphatic rings. The van der Waals surface area contributed by atoms with E-state index in [0.29, 0.717) is 11.0 Å². The summed E-state index contributed by atoms with van der Waals surface area (Å²) in [7, 11) is 0. The number of hydrogen-bond donors (Lipinski definition) is 1. The standard InChI is InChI=1S/C14H18N4/c15-9-12-1-2-13(17-10-12)18-8-5-14(11-18)3-6-16-7-4-14/h1-2,10,16H,3-8,11H2. The number of aromatic nitrogens is 1. The minimum atomic E-state index is 0.501. The van der Waals surface area contributed by atoms with Crippen LogP contribution in [-0.4, -0.2) is 31.2 Å². The van der Waals surface area contributed by atoms with Crippen molar-refractivity contribution >= 4 is 5.82 Å². The quantitative estimate of drug-likeness (QED) is 0.811. The summed E-state index contributed by atoms with van der Waals surface area (Å²) in [5.74, 6) is 1.02. The molecule has 2 saturated heterocycles. The van der Waals surface area contributed by atoms with Gasteiger partial charge in [0, 0.05) is 19.3 Å². The number of nitrogens with zero attached hydrogens (tertiary/aromatic N) is 3. The highest BCUT2D eigenvalue weighted by Gasteiger charge is 2.39. The molecule has 0 unspecified atom stereocenters. The second-order valence-corrected chi connectivity index (χ2v) is 5.44. The molecular weight excluding hydrogens is 224 g/mol. The molecule has 18 heavy (non-hydrogen) atoms. The third-order valence-corrected chi connectivity index (χ3v) is 4.30. The lowest BCUT2D eigenvalue weighted by Crippen LogP contribution is -2.38. The Labute approximate surface area is 108 Å². The zero-order valence-electron chi connectivity index (χ0n) is 10.5. The Morgan fingerprint density at radius 2 is 2.11 bits per heavy atom. The van der Waals surface area contributed by atoms with Crippen molar-refractivity contribution in [2.75, 3.05) is 31.1 Å². The predicted octanol–water partition coefficient (Wildman–Crippen LogP) is 1.53. The molecule has 2 aliphatic heterocycles. The van der Waals surface area contributed by atoms with E-state index in [1.807, 2.05) is 12.1 Å². The smallest absolute Gasteiger partial charge is 0.128 e. The van der Waals surface area contributed by atoms with Crippen LogP contribution in [0.25, 0.3) is 0 Å². The van der Waals surface area contributed by atoms with Gasteiger partial charge in [-0.15, -0.1) is 0 Å². The van der Waals surface area contributed by atoms with Gasteiger partial charge in [-0.3, -0.25) is 0 Å². The van der Waals surface area contributed by atoms with Gasteiger partial charge in [0.15, 0.2) is 0 Å². The first-order chi connectivity index (χ1) is 8.81. The molecule has 1 N–H and O–H groups in total. The molecule has 0 amide bonds. The van der Waals surface area contributed by atoms with Crippen molar-refractivity contribution < 1.29 is 0 Å². The number of nitrogens with one attached hydrogen (secondary N) is 1. The number of piperidine rings is 1. The van der Waals surface area contributed by atoms with Crippen molar-refractivity contribution in [3.8, 4) is 6.07 Å². The molecule has 0 bridgehead atoms. The Balaban J connectivity index is 1.72. The van der Waals surface area contributed by atoms with Gasteiger partial charge in [-0.2, -0.15) is 5.26 Å². The topological polar surface area (TPSA) is 52.0 Å². The molecule has 0 saturated carbocycles. The highest BCUT2D eigenvalue weighted by atomic mass is 15.2. The van der Waals surface area contributed by atoms with Crippen LogP contribution in [0.4, 0.5) is 5.82 Å². The fraction of sp³-hybridized carbons (Fsp3) is 0.571. The molecule has 3 heterocycles. The summed E-state index contributed by atoms with van der Waals surface area (Å²) < 4.78 is 0. The number of hydrogen-bond acceptors (Lipinski definition) is 4. The molecule has 4 heteroatoms. The molecule has 1 spiro atoms.